The molecule has 0 saturated carbocycles. The summed E-state index contributed by atoms with van der Waals surface area (Å²) in [6, 6.07) is 16.2. The predicted molar refractivity (Wildman–Crippen MR) is 129 cm³/mol. The highest BCUT2D eigenvalue weighted by atomic mass is 32.1. The Labute approximate surface area is 195 Å². The summed E-state index contributed by atoms with van der Waals surface area (Å²) in [4.78, 5) is 43.3. The molecule has 3 aromatic heterocycles. The Bertz CT molecular complexity index is 1540. The second-order valence-electron chi connectivity index (χ2n) is 6.92. The Balaban J connectivity index is 1.63. The zero-order valence-corrected chi connectivity index (χ0v) is 18.9. The van der Waals surface area contributed by atoms with Crippen molar-refractivity contribution < 1.29 is 14.3 Å². The van der Waals surface area contributed by atoms with E-state index in [1.807, 2.05) is 30.3 Å². The first-order valence-electron chi connectivity index (χ1n) is 10.0. The molecule has 1 N–H and O–H groups in total. The lowest BCUT2D eigenvalue weighted by atomic mass is 10.2. The number of nitrogens with one attached hydrogen (secondary N) is 1. The quantitative estimate of drug-likeness (QED) is 0.375. The topological polar surface area (TPSA) is 103 Å². The van der Waals surface area contributed by atoms with Gasteiger partial charge in [0.1, 0.15) is 5.00 Å². The maximum absolute atomic E-state index is 13.4. The van der Waals surface area contributed by atoms with Crippen LogP contribution in [0.4, 0.5) is 5.00 Å². The van der Waals surface area contributed by atoms with E-state index in [1.165, 1.54) is 11.3 Å². The predicted octanol–water partition coefficient (Wildman–Crippen LogP) is 4.49. The Morgan fingerprint density at radius 1 is 1.09 bits per heavy atom. The number of carbonyl (C=O) groups is 2. The van der Waals surface area contributed by atoms with Crippen LogP contribution in [-0.4, -0.2) is 33.2 Å². The summed E-state index contributed by atoms with van der Waals surface area (Å²) in [6.45, 7) is 1.86. The molecule has 0 unspecified atom stereocenters. The average molecular weight is 477 g/mol. The van der Waals surface area contributed by atoms with Gasteiger partial charge in [0.05, 0.1) is 27.9 Å². The maximum Gasteiger partial charge on any atom is 0.359 e. The highest BCUT2D eigenvalue weighted by Gasteiger charge is 2.24. The third kappa shape index (κ3) is 3.79. The lowest BCUT2D eigenvalue weighted by Crippen LogP contribution is -2.25. The molecule has 1 amide bonds. The molecule has 0 aliphatic rings. The number of thiazole rings is 1. The van der Waals surface area contributed by atoms with Crippen LogP contribution in [0.1, 0.15) is 27.2 Å². The average Bonchev–Trinajstić information content (AvgIpc) is 3.45. The molecule has 0 aliphatic carbocycles. The fraction of sp³-hybridized carbons (Fsp3) is 0.0870. The first kappa shape index (κ1) is 21.0. The Morgan fingerprint density at radius 2 is 1.85 bits per heavy atom. The third-order valence-electron chi connectivity index (χ3n) is 4.84. The standard InChI is InChI=1S/C23H16N4O4S2/c1-2-31-23(30)18-14-12-32-20(17(14)22(29)27(26-18)13-8-4-3-5-9-13)25-19(28)21-24-15-10-6-7-11-16(15)33-21/h3-12H,2H2,1H3,(H,25,28). The SMILES string of the molecule is CCOC(=O)c1nn(-c2ccccc2)c(=O)c2c(NC(=O)c3nc4ccccc4s3)scc12. The minimum Gasteiger partial charge on any atom is -0.461 e. The van der Waals surface area contributed by atoms with Crippen LogP contribution >= 0.6 is 22.7 Å². The van der Waals surface area contributed by atoms with Gasteiger partial charge in [-0.25, -0.2) is 9.78 Å². The number of ether oxygens (including phenoxy) is 1. The smallest absolute Gasteiger partial charge is 0.359 e. The van der Waals surface area contributed by atoms with E-state index in [4.69, 9.17) is 4.74 Å². The summed E-state index contributed by atoms with van der Waals surface area (Å²) >= 11 is 2.41. The summed E-state index contributed by atoms with van der Waals surface area (Å²) in [5, 5.41) is 9.82. The van der Waals surface area contributed by atoms with Crippen LogP contribution in [0, 0.1) is 0 Å². The number of benzene rings is 2. The summed E-state index contributed by atoms with van der Waals surface area (Å²) in [6.07, 6.45) is 0. The lowest BCUT2D eigenvalue weighted by molar-refractivity contribution is 0.0520. The fourth-order valence-electron chi connectivity index (χ4n) is 3.36. The van der Waals surface area contributed by atoms with E-state index in [0.717, 1.165) is 26.2 Å². The summed E-state index contributed by atoms with van der Waals surface area (Å²) in [7, 11) is 0. The summed E-state index contributed by atoms with van der Waals surface area (Å²) < 4.78 is 7.19. The fourth-order valence-corrected chi connectivity index (χ4v) is 5.15. The molecule has 0 saturated heterocycles. The van der Waals surface area contributed by atoms with Gasteiger partial charge in [-0.2, -0.15) is 9.78 Å². The largest absolute Gasteiger partial charge is 0.461 e. The van der Waals surface area contributed by atoms with Gasteiger partial charge in [0.2, 0.25) is 0 Å². The first-order chi connectivity index (χ1) is 16.1. The van der Waals surface area contributed by atoms with Crippen LogP contribution in [0.25, 0.3) is 26.7 Å². The molecular formula is C23H16N4O4S2. The van der Waals surface area contributed by atoms with Crippen LogP contribution in [0.2, 0.25) is 0 Å². The monoisotopic (exact) mass is 476 g/mol. The lowest BCUT2D eigenvalue weighted by Gasteiger charge is -2.09. The van der Waals surface area contributed by atoms with Crippen LogP contribution in [0.3, 0.4) is 0 Å². The molecule has 33 heavy (non-hydrogen) atoms. The van der Waals surface area contributed by atoms with E-state index in [0.29, 0.717) is 16.1 Å². The van der Waals surface area contributed by atoms with E-state index < -0.39 is 17.4 Å². The van der Waals surface area contributed by atoms with Crippen molar-refractivity contribution in [3.63, 3.8) is 0 Å². The molecule has 0 spiro atoms. The van der Waals surface area contributed by atoms with Crippen LogP contribution in [0.5, 0.6) is 0 Å². The number of para-hydroxylation sites is 2. The van der Waals surface area contributed by atoms with E-state index in [-0.39, 0.29) is 22.7 Å². The molecule has 2 aromatic carbocycles. The van der Waals surface area contributed by atoms with E-state index in [1.54, 1.807) is 36.6 Å². The van der Waals surface area contributed by atoms with Gasteiger partial charge < -0.3 is 10.1 Å². The van der Waals surface area contributed by atoms with Crippen LogP contribution in [-0.2, 0) is 4.74 Å². The van der Waals surface area contributed by atoms with Gasteiger partial charge in [0.25, 0.3) is 11.5 Å². The van der Waals surface area contributed by atoms with Crippen molar-refractivity contribution in [2.24, 2.45) is 0 Å². The van der Waals surface area contributed by atoms with E-state index in [2.05, 4.69) is 15.4 Å². The molecular weight excluding hydrogens is 460 g/mol. The highest BCUT2D eigenvalue weighted by Crippen LogP contribution is 2.32. The number of amides is 1. The van der Waals surface area contributed by atoms with E-state index in [9.17, 15) is 14.4 Å². The van der Waals surface area contributed by atoms with Crippen molar-refractivity contribution in [3.05, 3.63) is 81.0 Å². The van der Waals surface area contributed by atoms with Gasteiger partial charge in [-0.1, -0.05) is 30.3 Å². The molecule has 8 nitrogen and oxygen atoms in total. The zero-order chi connectivity index (χ0) is 22.9. The molecule has 10 heteroatoms. The summed E-state index contributed by atoms with van der Waals surface area (Å²) in [5.74, 6) is -1.07. The maximum atomic E-state index is 13.4. The second kappa shape index (κ2) is 8.57. The number of carbonyl (C=O) groups excluding carboxylic acids is 2. The van der Waals surface area contributed by atoms with Crippen molar-refractivity contribution >= 4 is 60.5 Å². The van der Waals surface area contributed by atoms with Crippen molar-refractivity contribution in [1.29, 1.82) is 0 Å². The molecule has 5 aromatic rings. The van der Waals surface area contributed by atoms with Gasteiger partial charge in [-0.15, -0.1) is 22.7 Å². The number of esters is 1. The van der Waals surface area contributed by atoms with E-state index >= 15 is 0 Å². The number of fused-ring (bicyclic) bond motifs is 2. The van der Waals surface area contributed by atoms with Crippen molar-refractivity contribution in [2.75, 3.05) is 11.9 Å². The molecule has 164 valence electrons. The van der Waals surface area contributed by atoms with Crippen LogP contribution < -0.4 is 10.9 Å². The van der Waals surface area contributed by atoms with Crippen LogP contribution in [0.15, 0.2) is 64.8 Å². The van der Waals surface area contributed by atoms with Crippen molar-refractivity contribution in [3.8, 4) is 5.69 Å². The Morgan fingerprint density at radius 3 is 2.61 bits per heavy atom. The Kier molecular flexibility index (Phi) is 5.45. The minimum absolute atomic E-state index is 0.00652. The molecule has 0 radical (unpaired) electrons. The van der Waals surface area contributed by atoms with Gasteiger partial charge in [0.15, 0.2) is 10.7 Å². The minimum atomic E-state index is -0.644. The molecule has 0 atom stereocenters. The number of aromatic nitrogens is 3. The number of hydrogen-bond acceptors (Lipinski definition) is 8. The highest BCUT2D eigenvalue weighted by molar-refractivity contribution is 7.20. The first-order valence-corrected chi connectivity index (χ1v) is 11.7. The molecule has 3 heterocycles. The molecule has 0 bridgehead atoms. The van der Waals surface area contributed by atoms with Crippen molar-refractivity contribution in [1.82, 2.24) is 14.8 Å². The zero-order valence-electron chi connectivity index (χ0n) is 17.3. The number of hydrogen-bond donors (Lipinski definition) is 1. The number of nitrogens with zero attached hydrogens (tertiary/aromatic N) is 3. The van der Waals surface area contributed by atoms with Crippen molar-refractivity contribution in [2.45, 2.75) is 6.92 Å². The van der Waals surface area contributed by atoms with Gasteiger partial charge in [-0.05, 0) is 31.2 Å². The van der Waals surface area contributed by atoms with Gasteiger partial charge in [0, 0.05) is 10.8 Å². The molecule has 5 rings (SSSR count). The molecule has 0 fully saturated rings. The van der Waals surface area contributed by atoms with Gasteiger partial charge in [-0.3, -0.25) is 9.59 Å². The number of anilines is 1. The van der Waals surface area contributed by atoms with Gasteiger partial charge >= 0.3 is 5.97 Å². The normalized spacial score (nSPS) is 11.1. The number of thiophene rings is 1. The number of rotatable bonds is 5. The molecule has 0 aliphatic heterocycles. The third-order valence-corrected chi connectivity index (χ3v) is 6.77. The Hall–Kier alpha value is -3.89. The summed E-state index contributed by atoms with van der Waals surface area (Å²) in [5.41, 5.74) is 0.769. The second-order valence-corrected chi connectivity index (χ2v) is 8.83.